The SMILES string of the molecule is CCC1CCCN(CCCCC(C)(N)C(=O)OC)CC1. The van der Waals surface area contributed by atoms with Crippen molar-refractivity contribution in [1.29, 1.82) is 0 Å². The molecule has 0 aromatic carbocycles. The molecular formula is C16H32N2O2. The van der Waals surface area contributed by atoms with Crippen molar-refractivity contribution in [3.8, 4) is 0 Å². The molecule has 0 bridgehead atoms. The van der Waals surface area contributed by atoms with E-state index in [0.717, 1.165) is 25.3 Å². The normalized spacial score (nSPS) is 23.9. The van der Waals surface area contributed by atoms with E-state index in [0.29, 0.717) is 6.42 Å². The average Bonchev–Trinajstić information content (AvgIpc) is 2.67. The van der Waals surface area contributed by atoms with E-state index in [4.69, 9.17) is 10.5 Å². The minimum absolute atomic E-state index is 0.307. The fraction of sp³-hybridized carbons (Fsp3) is 0.938. The molecule has 0 radical (unpaired) electrons. The maximum absolute atomic E-state index is 11.5. The van der Waals surface area contributed by atoms with Gasteiger partial charge in [-0.05, 0) is 71.0 Å². The summed E-state index contributed by atoms with van der Waals surface area (Å²) in [4.78, 5) is 14.1. The molecule has 1 fully saturated rings. The number of rotatable bonds is 7. The van der Waals surface area contributed by atoms with Crippen LogP contribution >= 0.6 is 0 Å². The Morgan fingerprint density at radius 3 is 2.75 bits per heavy atom. The van der Waals surface area contributed by atoms with E-state index in [1.54, 1.807) is 6.92 Å². The molecule has 1 saturated heterocycles. The highest BCUT2D eigenvalue weighted by molar-refractivity contribution is 5.79. The number of nitrogens with two attached hydrogens (primary N) is 1. The van der Waals surface area contributed by atoms with Crippen LogP contribution in [-0.2, 0) is 9.53 Å². The number of carbonyl (C=O) groups excluding carboxylic acids is 1. The van der Waals surface area contributed by atoms with E-state index in [2.05, 4.69) is 11.8 Å². The van der Waals surface area contributed by atoms with E-state index in [-0.39, 0.29) is 5.97 Å². The van der Waals surface area contributed by atoms with Gasteiger partial charge in [0.1, 0.15) is 5.54 Å². The summed E-state index contributed by atoms with van der Waals surface area (Å²) in [7, 11) is 1.40. The van der Waals surface area contributed by atoms with E-state index < -0.39 is 5.54 Å². The quantitative estimate of drug-likeness (QED) is 0.576. The maximum atomic E-state index is 11.5. The highest BCUT2D eigenvalue weighted by Gasteiger charge is 2.28. The third-order valence-electron chi connectivity index (χ3n) is 4.59. The highest BCUT2D eigenvalue weighted by Crippen LogP contribution is 2.20. The largest absolute Gasteiger partial charge is 0.468 e. The Kier molecular flexibility index (Phi) is 7.52. The summed E-state index contributed by atoms with van der Waals surface area (Å²) in [5, 5.41) is 0. The molecule has 2 N–H and O–H groups in total. The van der Waals surface area contributed by atoms with Gasteiger partial charge in [0.2, 0.25) is 0 Å². The zero-order valence-electron chi connectivity index (χ0n) is 13.5. The van der Waals surface area contributed by atoms with Crippen LogP contribution in [0.4, 0.5) is 0 Å². The van der Waals surface area contributed by atoms with Gasteiger partial charge in [-0.3, -0.25) is 4.79 Å². The van der Waals surface area contributed by atoms with Crippen LogP contribution in [0.1, 0.15) is 58.8 Å². The van der Waals surface area contributed by atoms with Gasteiger partial charge in [-0.1, -0.05) is 13.3 Å². The summed E-state index contributed by atoms with van der Waals surface area (Å²) in [6, 6.07) is 0. The van der Waals surface area contributed by atoms with Crippen molar-refractivity contribution in [2.75, 3.05) is 26.7 Å². The van der Waals surface area contributed by atoms with Crippen LogP contribution in [0.2, 0.25) is 0 Å². The Hall–Kier alpha value is -0.610. The second kappa shape index (κ2) is 8.63. The van der Waals surface area contributed by atoms with Gasteiger partial charge >= 0.3 is 5.97 Å². The van der Waals surface area contributed by atoms with Gasteiger partial charge in [-0.15, -0.1) is 0 Å². The minimum atomic E-state index is -0.832. The molecule has 0 saturated carbocycles. The summed E-state index contributed by atoms with van der Waals surface area (Å²) in [5.74, 6) is 0.615. The van der Waals surface area contributed by atoms with Crippen LogP contribution in [0.5, 0.6) is 0 Å². The minimum Gasteiger partial charge on any atom is -0.468 e. The summed E-state index contributed by atoms with van der Waals surface area (Å²) in [6.07, 6.45) is 8.17. The second-order valence-electron chi connectivity index (χ2n) is 6.41. The molecule has 4 heteroatoms. The maximum Gasteiger partial charge on any atom is 0.325 e. The monoisotopic (exact) mass is 284 g/mol. The standard InChI is InChI=1S/C16H32N2O2/c1-4-14-8-7-12-18(13-9-14)11-6-5-10-16(2,17)15(19)20-3/h14H,4-13,17H2,1-3H3. The summed E-state index contributed by atoms with van der Waals surface area (Å²) in [5.41, 5.74) is 5.13. The number of hydrogen-bond donors (Lipinski definition) is 1. The lowest BCUT2D eigenvalue weighted by Gasteiger charge is -2.23. The molecule has 1 heterocycles. The van der Waals surface area contributed by atoms with Gasteiger partial charge in [0, 0.05) is 0 Å². The Labute approximate surface area is 124 Å². The van der Waals surface area contributed by atoms with Crippen LogP contribution in [0, 0.1) is 5.92 Å². The summed E-state index contributed by atoms with van der Waals surface area (Å²) in [6.45, 7) is 7.66. The first kappa shape index (κ1) is 17.4. The Morgan fingerprint density at radius 2 is 2.10 bits per heavy atom. The predicted molar refractivity (Wildman–Crippen MR) is 82.5 cm³/mol. The van der Waals surface area contributed by atoms with E-state index in [1.165, 1.54) is 45.9 Å². The molecule has 1 aliphatic rings. The Balaban J connectivity index is 2.19. The number of esters is 1. The first-order valence-electron chi connectivity index (χ1n) is 8.09. The third kappa shape index (κ3) is 5.80. The highest BCUT2D eigenvalue weighted by atomic mass is 16.5. The van der Waals surface area contributed by atoms with Gasteiger partial charge in [0.25, 0.3) is 0 Å². The van der Waals surface area contributed by atoms with E-state index in [1.807, 2.05) is 0 Å². The molecule has 0 aromatic heterocycles. The molecule has 0 aliphatic carbocycles. The van der Waals surface area contributed by atoms with E-state index >= 15 is 0 Å². The van der Waals surface area contributed by atoms with Crippen LogP contribution < -0.4 is 5.73 Å². The molecule has 20 heavy (non-hydrogen) atoms. The molecule has 1 rings (SSSR count). The van der Waals surface area contributed by atoms with Crippen molar-refractivity contribution in [3.63, 3.8) is 0 Å². The number of methoxy groups -OCH3 is 1. The topological polar surface area (TPSA) is 55.6 Å². The lowest BCUT2D eigenvalue weighted by atomic mass is 9.96. The molecule has 118 valence electrons. The van der Waals surface area contributed by atoms with Crippen molar-refractivity contribution in [2.24, 2.45) is 11.7 Å². The molecule has 1 aliphatic heterocycles. The van der Waals surface area contributed by atoms with Gasteiger partial charge in [0.05, 0.1) is 7.11 Å². The van der Waals surface area contributed by atoms with Crippen molar-refractivity contribution in [3.05, 3.63) is 0 Å². The predicted octanol–water partition coefficient (Wildman–Crippen LogP) is 2.56. The fourth-order valence-electron chi connectivity index (χ4n) is 3.02. The van der Waals surface area contributed by atoms with Crippen LogP contribution in [-0.4, -0.2) is 43.2 Å². The number of carbonyl (C=O) groups is 1. The van der Waals surface area contributed by atoms with E-state index in [9.17, 15) is 4.79 Å². The molecular weight excluding hydrogens is 252 g/mol. The van der Waals surface area contributed by atoms with Gasteiger partial charge < -0.3 is 15.4 Å². The van der Waals surface area contributed by atoms with Gasteiger partial charge in [0.15, 0.2) is 0 Å². The number of unbranched alkanes of at least 4 members (excludes halogenated alkanes) is 1. The fourth-order valence-corrected chi connectivity index (χ4v) is 3.02. The third-order valence-corrected chi connectivity index (χ3v) is 4.59. The molecule has 0 spiro atoms. The van der Waals surface area contributed by atoms with Crippen molar-refractivity contribution in [2.45, 2.75) is 64.3 Å². The van der Waals surface area contributed by atoms with Crippen LogP contribution in [0.25, 0.3) is 0 Å². The summed E-state index contributed by atoms with van der Waals surface area (Å²) >= 11 is 0. The van der Waals surface area contributed by atoms with Gasteiger partial charge in [-0.25, -0.2) is 0 Å². The zero-order chi connectivity index (χ0) is 15.0. The lowest BCUT2D eigenvalue weighted by molar-refractivity contribution is -0.146. The number of likely N-dealkylation sites (tertiary alicyclic amines) is 1. The number of ether oxygens (including phenoxy) is 1. The smallest absolute Gasteiger partial charge is 0.325 e. The second-order valence-corrected chi connectivity index (χ2v) is 6.41. The molecule has 0 amide bonds. The Morgan fingerprint density at radius 1 is 1.35 bits per heavy atom. The lowest BCUT2D eigenvalue weighted by Crippen LogP contribution is -2.45. The number of hydrogen-bond acceptors (Lipinski definition) is 4. The first-order valence-corrected chi connectivity index (χ1v) is 8.09. The Bertz CT molecular complexity index is 292. The first-order chi connectivity index (χ1) is 9.49. The molecule has 0 aromatic rings. The zero-order valence-corrected chi connectivity index (χ0v) is 13.5. The molecule has 4 nitrogen and oxygen atoms in total. The van der Waals surface area contributed by atoms with Crippen molar-refractivity contribution >= 4 is 5.97 Å². The summed E-state index contributed by atoms with van der Waals surface area (Å²) < 4.78 is 4.73. The molecule has 2 atom stereocenters. The molecule has 2 unspecified atom stereocenters. The van der Waals surface area contributed by atoms with Gasteiger partial charge in [-0.2, -0.15) is 0 Å². The van der Waals surface area contributed by atoms with Crippen molar-refractivity contribution in [1.82, 2.24) is 4.90 Å². The van der Waals surface area contributed by atoms with Crippen LogP contribution in [0.15, 0.2) is 0 Å². The average molecular weight is 284 g/mol. The number of nitrogens with zero attached hydrogens (tertiary/aromatic N) is 1. The van der Waals surface area contributed by atoms with Crippen LogP contribution in [0.3, 0.4) is 0 Å². The van der Waals surface area contributed by atoms with Crippen molar-refractivity contribution < 1.29 is 9.53 Å².